The zero-order valence-corrected chi connectivity index (χ0v) is 9.45. The Morgan fingerprint density at radius 1 is 1.53 bits per heavy atom. The van der Waals surface area contributed by atoms with Crippen LogP contribution >= 0.6 is 0 Å². The zero-order valence-electron chi connectivity index (χ0n) is 9.45. The normalized spacial score (nSPS) is 10.9. The van der Waals surface area contributed by atoms with E-state index in [1.54, 1.807) is 4.68 Å². The standard InChI is InChI=1S/C10H18N4O/c1-4-14-9(11)8(10(12)15)7(13-14)5-6(2)3/h6H,4-5,11H2,1-3H3,(H2,12,15). The van der Waals surface area contributed by atoms with Crippen molar-refractivity contribution >= 4 is 11.7 Å². The van der Waals surface area contributed by atoms with Crippen molar-refractivity contribution in [2.45, 2.75) is 33.7 Å². The van der Waals surface area contributed by atoms with E-state index in [9.17, 15) is 4.79 Å². The number of anilines is 1. The van der Waals surface area contributed by atoms with Crippen LogP contribution in [-0.4, -0.2) is 15.7 Å². The second-order valence-corrected chi connectivity index (χ2v) is 3.98. The average Bonchev–Trinajstić information content (AvgIpc) is 2.41. The summed E-state index contributed by atoms with van der Waals surface area (Å²) in [4.78, 5) is 11.2. The molecule has 1 aromatic rings. The molecule has 0 fully saturated rings. The molecule has 1 heterocycles. The van der Waals surface area contributed by atoms with Crippen molar-refractivity contribution in [3.05, 3.63) is 11.3 Å². The molecule has 1 amide bonds. The van der Waals surface area contributed by atoms with Gasteiger partial charge in [0, 0.05) is 6.54 Å². The fourth-order valence-corrected chi connectivity index (χ4v) is 1.57. The van der Waals surface area contributed by atoms with E-state index in [-0.39, 0.29) is 0 Å². The Morgan fingerprint density at radius 2 is 2.13 bits per heavy atom. The van der Waals surface area contributed by atoms with Crippen LogP contribution in [0.15, 0.2) is 0 Å². The van der Waals surface area contributed by atoms with Crippen LogP contribution in [-0.2, 0) is 13.0 Å². The molecule has 0 saturated heterocycles. The van der Waals surface area contributed by atoms with Gasteiger partial charge in [0.25, 0.3) is 5.91 Å². The molecule has 84 valence electrons. The van der Waals surface area contributed by atoms with Crippen LogP contribution in [0.1, 0.15) is 36.8 Å². The van der Waals surface area contributed by atoms with Crippen LogP contribution in [0.25, 0.3) is 0 Å². The number of aromatic nitrogens is 2. The number of carbonyl (C=O) groups is 1. The van der Waals surface area contributed by atoms with Crippen LogP contribution in [0.4, 0.5) is 5.82 Å². The van der Waals surface area contributed by atoms with Gasteiger partial charge < -0.3 is 11.5 Å². The van der Waals surface area contributed by atoms with Gasteiger partial charge in [0.15, 0.2) is 0 Å². The molecule has 15 heavy (non-hydrogen) atoms. The van der Waals surface area contributed by atoms with E-state index in [2.05, 4.69) is 18.9 Å². The highest BCUT2D eigenvalue weighted by Crippen LogP contribution is 2.19. The summed E-state index contributed by atoms with van der Waals surface area (Å²) in [5.74, 6) is 0.297. The Hall–Kier alpha value is -1.52. The molecule has 4 N–H and O–H groups in total. The molecule has 5 nitrogen and oxygen atoms in total. The zero-order chi connectivity index (χ0) is 11.6. The minimum Gasteiger partial charge on any atom is -0.383 e. The average molecular weight is 210 g/mol. The molecule has 0 bridgehead atoms. The first-order valence-corrected chi connectivity index (χ1v) is 5.12. The SMILES string of the molecule is CCn1nc(CC(C)C)c(C(N)=O)c1N. The number of amides is 1. The van der Waals surface area contributed by atoms with Crippen molar-refractivity contribution in [2.75, 3.05) is 5.73 Å². The third-order valence-corrected chi connectivity index (χ3v) is 2.21. The lowest BCUT2D eigenvalue weighted by molar-refractivity contribution is 0.1000. The lowest BCUT2D eigenvalue weighted by Crippen LogP contribution is -2.15. The van der Waals surface area contributed by atoms with Crippen LogP contribution in [0.3, 0.4) is 0 Å². The number of hydrogen-bond acceptors (Lipinski definition) is 3. The summed E-state index contributed by atoms with van der Waals surface area (Å²) in [6.07, 6.45) is 0.718. The molecular formula is C10H18N4O. The number of nitrogens with zero attached hydrogens (tertiary/aromatic N) is 2. The van der Waals surface area contributed by atoms with Gasteiger partial charge in [0.1, 0.15) is 11.4 Å². The summed E-state index contributed by atoms with van der Waals surface area (Å²) in [5, 5.41) is 4.28. The lowest BCUT2D eigenvalue weighted by Gasteiger charge is -2.02. The van der Waals surface area contributed by atoms with Crippen LogP contribution in [0.2, 0.25) is 0 Å². The molecule has 1 aromatic heterocycles. The van der Waals surface area contributed by atoms with Crippen LogP contribution in [0.5, 0.6) is 0 Å². The second kappa shape index (κ2) is 4.33. The van der Waals surface area contributed by atoms with E-state index in [4.69, 9.17) is 11.5 Å². The highest BCUT2D eigenvalue weighted by molar-refractivity contribution is 5.98. The van der Waals surface area contributed by atoms with E-state index >= 15 is 0 Å². The fourth-order valence-electron chi connectivity index (χ4n) is 1.57. The van der Waals surface area contributed by atoms with Crippen molar-refractivity contribution < 1.29 is 4.79 Å². The van der Waals surface area contributed by atoms with Crippen molar-refractivity contribution in [1.82, 2.24) is 9.78 Å². The third-order valence-electron chi connectivity index (χ3n) is 2.21. The first-order valence-electron chi connectivity index (χ1n) is 5.12. The first-order chi connectivity index (χ1) is 6.97. The number of carbonyl (C=O) groups excluding carboxylic acids is 1. The van der Waals surface area contributed by atoms with Gasteiger partial charge in [-0.25, -0.2) is 4.68 Å². The summed E-state index contributed by atoms with van der Waals surface area (Å²) in [5.41, 5.74) is 12.2. The van der Waals surface area contributed by atoms with E-state index in [1.807, 2.05) is 6.92 Å². The summed E-state index contributed by atoms with van der Waals surface area (Å²) in [6, 6.07) is 0. The Morgan fingerprint density at radius 3 is 2.53 bits per heavy atom. The highest BCUT2D eigenvalue weighted by atomic mass is 16.1. The van der Waals surface area contributed by atoms with Crippen LogP contribution in [0, 0.1) is 5.92 Å². The molecule has 1 rings (SSSR count). The van der Waals surface area contributed by atoms with E-state index in [0.29, 0.717) is 29.5 Å². The van der Waals surface area contributed by atoms with Crippen molar-refractivity contribution in [3.8, 4) is 0 Å². The van der Waals surface area contributed by atoms with Gasteiger partial charge in [-0.1, -0.05) is 13.8 Å². The van der Waals surface area contributed by atoms with E-state index in [1.165, 1.54) is 0 Å². The molecule has 0 spiro atoms. The molecule has 0 unspecified atom stereocenters. The lowest BCUT2D eigenvalue weighted by atomic mass is 10.0. The predicted octanol–water partition coefficient (Wildman–Crippen LogP) is 0.783. The largest absolute Gasteiger partial charge is 0.383 e. The Kier molecular flexibility index (Phi) is 3.34. The third kappa shape index (κ3) is 2.29. The minimum absolute atomic E-state index is 0.376. The predicted molar refractivity (Wildman–Crippen MR) is 59.4 cm³/mol. The van der Waals surface area contributed by atoms with Crippen LogP contribution < -0.4 is 11.5 Å². The maximum Gasteiger partial charge on any atom is 0.254 e. The minimum atomic E-state index is -0.497. The molecule has 0 aromatic carbocycles. The topological polar surface area (TPSA) is 86.9 Å². The van der Waals surface area contributed by atoms with Gasteiger partial charge in [0.2, 0.25) is 0 Å². The van der Waals surface area contributed by atoms with Gasteiger partial charge in [0.05, 0.1) is 5.69 Å². The smallest absolute Gasteiger partial charge is 0.254 e. The second-order valence-electron chi connectivity index (χ2n) is 3.98. The van der Waals surface area contributed by atoms with Gasteiger partial charge >= 0.3 is 0 Å². The Labute approximate surface area is 89.4 Å². The molecule has 0 aliphatic rings. The maximum absolute atomic E-state index is 11.2. The monoisotopic (exact) mass is 210 g/mol. The number of aryl methyl sites for hydroxylation is 1. The number of primary amides is 1. The van der Waals surface area contributed by atoms with E-state index in [0.717, 1.165) is 6.42 Å². The van der Waals surface area contributed by atoms with Crippen molar-refractivity contribution in [2.24, 2.45) is 11.7 Å². The Balaban J connectivity index is 3.18. The molecule has 0 saturated carbocycles. The molecule has 0 radical (unpaired) electrons. The van der Waals surface area contributed by atoms with E-state index < -0.39 is 5.91 Å². The number of rotatable bonds is 4. The summed E-state index contributed by atoms with van der Waals surface area (Å²) in [7, 11) is 0. The summed E-state index contributed by atoms with van der Waals surface area (Å²) >= 11 is 0. The molecule has 5 heteroatoms. The Bertz CT molecular complexity index is 368. The van der Waals surface area contributed by atoms with Gasteiger partial charge in [-0.2, -0.15) is 5.10 Å². The summed E-state index contributed by atoms with van der Waals surface area (Å²) < 4.78 is 1.61. The van der Waals surface area contributed by atoms with Gasteiger partial charge in [-0.15, -0.1) is 0 Å². The van der Waals surface area contributed by atoms with Gasteiger partial charge in [-0.05, 0) is 19.3 Å². The number of nitrogen functional groups attached to an aromatic ring is 1. The molecule has 0 aliphatic heterocycles. The quantitative estimate of drug-likeness (QED) is 0.770. The molecular weight excluding hydrogens is 192 g/mol. The number of nitrogens with two attached hydrogens (primary N) is 2. The first kappa shape index (κ1) is 11.6. The summed E-state index contributed by atoms with van der Waals surface area (Å²) in [6.45, 7) is 6.69. The highest BCUT2D eigenvalue weighted by Gasteiger charge is 2.19. The molecule has 0 aliphatic carbocycles. The van der Waals surface area contributed by atoms with Crippen molar-refractivity contribution in [1.29, 1.82) is 0 Å². The maximum atomic E-state index is 11.2. The number of hydrogen-bond donors (Lipinski definition) is 2. The molecule has 0 atom stereocenters. The fraction of sp³-hybridized carbons (Fsp3) is 0.600. The van der Waals surface area contributed by atoms with Crippen molar-refractivity contribution in [3.63, 3.8) is 0 Å². The van der Waals surface area contributed by atoms with Gasteiger partial charge in [-0.3, -0.25) is 4.79 Å².